The summed E-state index contributed by atoms with van der Waals surface area (Å²) in [7, 11) is -1.88. The van der Waals surface area contributed by atoms with Gasteiger partial charge in [0.05, 0.1) is 10.9 Å². The molecule has 0 aliphatic rings. The molecule has 5 nitrogen and oxygen atoms in total. The fourth-order valence-electron chi connectivity index (χ4n) is 1.53. The topological polar surface area (TPSA) is 64.6 Å². The van der Waals surface area contributed by atoms with Gasteiger partial charge >= 0.3 is 0 Å². The lowest BCUT2D eigenvalue weighted by Gasteiger charge is -2.08. The Morgan fingerprint density at radius 1 is 1.14 bits per heavy atom. The number of hydrogen-bond donors (Lipinski definition) is 1. The Hall–Kier alpha value is -1.09. The number of ether oxygens (including phenoxy) is 2. The van der Waals surface area contributed by atoms with E-state index in [0.717, 1.165) is 20.9 Å². The Balaban J connectivity index is 1.81. The highest BCUT2D eigenvalue weighted by Crippen LogP contribution is 2.25. The van der Waals surface area contributed by atoms with Gasteiger partial charge in [-0.3, -0.25) is 0 Å². The van der Waals surface area contributed by atoms with Crippen LogP contribution in [-0.2, 0) is 10.0 Å². The van der Waals surface area contributed by atoms with Crippen molar-refractivity contribution in [1.82, 2.24) is 4.72 Å². The van der Waals surface area contributed by atoms with Crippen molar-refractivity contribution in [3.05, 3.63) is 40.2 Å². The summed E-state index contributed by atoms with van der Waals surface area (Å²) in [5, 5.41) is 0. The van der Waals surface area contributed by atoms with Gasteiger partial charge in [-0.2, -0.15) is 0 Å². The number of rotatable bonds is 7. The third-order valence-corrected chi connectivity index (χ3v) is 6.11. The Morgan fingerprint density at radius 2 is 1.81 bits per heavy atom. The van der Waals surface area contributed by atoms with E-state index >= 15 is 0 Å². The van der Waals surface area contributed by atoms with Crippen LogP contribution in [0.15, 0.2) is 44.4 Å². The lowest BCUT2D eigenvalue weighted by atomic mass is 10.3. The van der Waals surface area contributed by atoms with Crippen molar-refractivity contribution in [3.8, 4) is 11.5 Å². The van der Waals surface area contributed by atoms with Crippen molar-refractivity contribution >= 4 is 37.3 Å². The zero-order valence-electron chi connectivity index (χ0n) is 11.2. The molecular formula is C13H14BrNO4S2. The van der Waals surface area contributed by atoms with Gasteiger partial charge < -0.3 is 9.47 Å². The Bertz CT molecular complexity index is 682. The molecule has 2 rings (SSSR count). The first kappa shape index (κ1) is 16.3. The van der Waals surface area contributed by atoms with Crippen LogP contribution in [0.3, 0.4) is 0 Å². The predicted octanol–water partition coefficient (Wildman–Crippen LogP) is 2.88. The maximum Gasteiger partial charge on any atom is 0.250 e. The summed E-state index contributed by atoms with van der Waals surface area (Å²) in [5.74, 6) is 1.40. The SMILES string of the molecule is COc1ccc(OCCNS(=O)(=O)c2ccc(Br)s2)cc1. The molecule has 0 amide bonds. The molecule has 0 spiro atoms. The van der Waals surface area contributed by atoms with Crippen LogP contribution in [0, 0.1) is 0 Å². The molecule has 0 unspecified atom stereocenters. The molecule has 114 valence electrons. The van der Waals surface area contributed by atoms with E-state index in [0.29, 0.717) is 5.75 Å². The third-order valence-electron chi connectivity index (χ3n) is 2.54. The molecule has 1 N–H and O–H groups in total. The summed E-state index contributed by atoms with van der Waals surface area (Å²) in [5.41, 5.74) is 0. The average Bonchev–Trinajstić information content (AvgIpc) is 2.92. The summed E-state index contributed by atoms with van der Waals surface area (Å²) in [6, 6.07) is 10.4. The predicted molar refractivity (Wildman–Crippen MR) is 85.7 cm³/mol. The average molecular weight is 392 g/mol. The number of hydrogen-bond acceptors (Lipinski definition) is 5. The molecule has 0 atom stereocenters. The van der Waals surface area contributed by atoms with Gasteiger partial charge in [0.2, 0.25) is 10.0 Å². The highest BCUT2D eigenvalue weighted by atomic mass is 79.9. The van der Waals surface area contributed by atoms with Crippen LogP contribution >= 0.6 is 27.3 Å². The quantitative estimate of drug-likeness (QED) is 0.736. The maximum absolute atomic E-state index is 11.9. The number of nitrogens with one attached hydrogen (secondary N) is 1. The minimum Gasteiger partial charge on any atom is -0.497 e. The normalized spacial score (nSPS) is 11.3. The lowest BCUT2D eigenvalue weighted by Crippen LogP contribution is -2.27. The van der Waals surface area contributed by atoms with Crippen molar-refractivity contribution in [1.29, 1.82) is 0 Å². The zero-order valence-corrected chi connectivity index (χ0v) is 14.4. The van der Waals surface area contributed by atoms with Gasteiger partial charge in [-0.05, 0) is 52.3 Å². The fourth-order valence-corrected chi connectivity index (χ4v) is 4.60. The molecule has 0 aliphatic heterocycles. The summed E-state index contributed by atoms with van der Waals surface area (Å²) < 4.78 is 37.9. The standard InChI is InChI=1S/C13H14BrNO4S2/c1-18-10-2-4-11(5-3-10)19-9-8-15-21(16,17)13-7-6-12(14)20-13/h2-7,15H,8-9H2,1H3. The molecule has 8 heteroatoms. The van der Waals surface area contributed by atoms with E-state index < -0.39 is 10.0 Å². The van der Waals surface area contributed by atoms with Crippen LogP contribution < -0.4 is 14.2 Å². The number of sulfonamides is 1. The molecule has 1 aromatic heterocycles. The Labute approximate surface area is 136 Å². The molecular weight excluding hydrogens is 378 g/mol. The van der Waals surface area contributed by atoms with Crippen LogP contribution in [-0.4, -0.2) is 28.7 Å². The molecule has 1 aromatic carbocycles. The fraction of sp³-hybridized carbons (Fsp3) is 0.231. The third kappa shape index (κ3) is 4.70. The molecule has 21 heavy (non-hydrogen) atoms. The van der Waals surface area contributed by atoms with E-state index in [9.17, 15) is 8.42 Å². The van der Waals surface area contributed by atoms with E-state index in [2.05, 4.69) is 20.7 Å². The number of methoxy groups -OCH3 is 1. The van der Waals surface area contributed by atoms with Crippen molar-refractivity contribution in [2.45, 2.75) is 4.21 Å². The minimum absolute atomic E-state index is 0.198. The summed E-state index contributed by atoms with van der Waals surface area (Å²) in [4.78, 5) is 0. The molecule has 0 bridgehead atoms. The lowest BCUT2D eigenvalue weighted by molar-refractivity contribution is 0.322. The minimum atomic E-state index is -3.47. The monoisotopic (exact) mass is 391 g/mol. The highest BCUT2D eigenvalue weighted by molar-refractivity contribution is 9.11. The summed E-state index contributed by atoms with van der Waals surface area (Å²) in [6.45, 7) is 0.446. The van der Waals surface area contributed by atoms with E-state index in [1.807, 2.05) is 0 Å². The first-order valence-corrected chi connectivity index (χ1v) is 9.12. The second-order valence-electron chi connectivity index (χ2n) is 3.98. The van der Waals surface area contributed by atoms with Crippen molar-refractivity contribution < 1.29 is 17.9 Å². The van der Waals surface area contributed by atoms with Crippen LogP contribution in [0.2, 0.25) is 0 Å². The van der Waals surface area contributed by atoms with Crippen LogP contribution in [0.4, 0.5) is 0 Å². The Morgan fingerprint density at radius 3 is 2.38 bits per heavy atom. The van der Waals surface area contributed by atoms with Gasteiger partial charge in [-0.15, -0.1) is 11.3 Å². The van der Waals surface area contributed by atoms with Crippen LogP contribution in [0.1, 0.15) is 0 Å². The van der Waals surface area contributed by atoms with Crippen molar-refractivity contribution in [2.24, 2.45) is 0 Å². The molecule has 1 heterocycles. The zero-order chi connectivity index (χ0) is 15.3. The van der Waals surface area contributed by atoms with Gasteiger partial charge in [-0.1, -0.05) is 0 Å². The van der Waals surface area contributed by atoms with Crippen molar-refractivity contribution in [2.75, 3.05) is 20.3 Å². The van der Waals surface area contributed by atoms with E-state index in [4.69, 9.17) is 9.47 Å². The van der Waals surface area contributed by atoms with E-state index in [1.165, 1.54) is 0 Å². The van der Waals surface area contributed by atoms with E-state index in [-0.39, 0.29) is 17.4 Å². The molecule has 0 saturated heterocycles. The van der Waals surface area contributed by atoms with Gasteiger partial charge in [0.1, 0.15) is 22.3 Å². The van der Waals surface area contributed by atoms with Crippen LogP contribution in [0.5, 0.6) is 11.5 Å². The second-order valence-corrected chi connectivity index (χ2v) is 8.44. The summed E-state index contributed by atoms with van der Waals surface area (Å²) >= 11 is 4.40. The molecule has 0 fully saturated rings. The molecule has 0 radical (unpaired) electrons. The highest BCUT2D eigenvalue weighted by Gasteiger charge is 2.15. The van der Waals surface area contributed by atoms with Crippen LogP contribution in [0.25, 0.3) is 0 Å². The largest absolute Gasteiger partial charge is 0.497 e. The summed E-state index contributed by atoms with van der Waals surface area (Å²) in [6.07, 6.45) is 0. The van der Waals surface area contributed by atoms with Crippen molar-refractivity contribution in [3.63, 3.8) is 0 Å². The number of benzene rings is 1. The second kappa shape index (κ2) is 7.26. The molecule has 2 aromatic rings. The number of halogens is 1. The Kier molecular flexibility index (Phi) is 5.63. The first-order chi connectivity index (χ1) is 10.0. The maximum atomic E-state index is 11.9. The van der Waals surface area contributed by atoms with Gasteiger partial charge in [0, 0.05) is 6.54 Å². The molecule has 0 aliphatic carbocycles. The van der Waals surface area contributed by atoms with E-state index in [1.54, 1.807) is 43.5 Å². The van der Waals surface area contributed by atoms with Gasteiger partial charge in [0.15, 0.2) is 0 Å². The molecule has 0 saturated carbocycles. The van der Waals surface area contributed by atoms with Gasteiger partial charge in [-0.25, -0.2) is 13.1 Å². The first-order valence-electron chi connectivity index (χ1n) is 6.03. The van der Waals surface area contributed by atoms with Gasteiger partial charge in [0.25, 0.3) is 0 Å². The number of thiophene rings is 1. The smallest absolute Gasteiger partial charge is 0.250 e.